The summed E-state index contributed by atoms with van der Waals surface area (Å²) < 4.78 is 5.54. The van der Waals surface area contributed by atoms with Crippen LogP contribution in [0, 0.1) is 0 Å². The highest BCUT2D eigenvalue weighted by Gasteiger charge is 2.26. The molecule has 0 aliphatic rings. The highest BCUT2D eigenvalue weighted by Crippen LogP contribution is 2.28. The molecule has 0 heterocycles. The fourth-order valence-electron chi connectivity index (χ4n) is 2.55. The maximum absolute atomic E-state index is 12.9. The van der Waals surface area contributed by atoms with Crippen molar-refractivity contribution in [3.8, 4) is 5.75 Å². The van der Waals surface area contributed by atoms with Crippen LogP contribution in [-0.4, -0.2) is 35.9 Å². The summed E-state index contributed by atoms with van der Waals surface area (Å²) in [5, 5.41) is 4.24. The summed E-state index contributed by atoms with van der Waals surface area (Å²) in [6.07, 6.45) is 0. The molecular weight excluding hydrogens is 458 g/mol. The van der Waals surface area contributed by atoms with Crippen LogP contribution in [0.1, 0.15) is 19.4 Å². The normalized spacial score (nSPS) is 11.7. The topological polar surface area (TPSA) is 58.6 Å². The first kappa shape index (κ1) is 23.6. The van der Waals surface area contributed by atoms with Crippen molar-refractivity contribution < 1.29 is 14.3 Å². The Bertz CT molecular complexity index is 892. The molecule has 29 heavy (non-hydrogen) atoms. The summed E-state index contributed by atoms with van der Waals surface area (Å²) in [6.45, 7) is 3.77. The molecule has 0 saturated heterocycles. The smallest absolute Gasteiger partial charge is 0.261 e. The summed E-state index contributed by atoms with van der Waals surface area (Å²) in [5.41, 5.74) is 0.730. The van der Waals surface area contributed by atoms with Crippen molar-refractivity contribution in [3.63, 3.8) is 0 Å². The Labute approximate surface area is 189 Å². The van der Waals surface area contributed by atoms with Crippen LogP contribution in [0.3, 0.4) is 0 Å². The number of nitrogens with zero attached hydrogens (tertiary/aromatic N) is 1. The number of amides is 2. The van der Waals surface area contributed by atoms with Gasteiger partial charge in [0.25, 0.3) is 5.91 Å². The summed E-state index contributed by atoms with van der Waals surface area (Å²) in [6, 6.07) is 9.03. The van der Waals surface area contributed by atoms with Crippen molar-refractivity contribution in [2.45, 2.75) is 26.4 Å². The summed E-state index contributed by atoms with van der Waals surface area (Å²) >= 11 is 24.0. The number of halogens is 4. The number of ether oxygens (including phenoxy) is 1. The Kier molecular flexibility index (Phi) is 8.90. The second kappa shape index (κ2) is 10.9. The Balaban J connectivity index is 2.19. The molecule has 0 bridgehead atoms. The van der Waals surface area contributed by atoms with Gasteiger partial charge in [-0.3, -0.25) is 9.59 Å². The van der Waals surface area contributed by atoms with E-state index in [2.05, 4.69) is 5.32 Å². The standard InChI is InChI=1S/C20H20Cl4N2O3/c1-3-25-20(28)12(2)26(10-13-4-6-15(22)16(23)8-13)19(27)11-29-18-7-5-14(21)9-17(18)24/h4-9,12H,3,10-11H2,1-2H3,(H,25,28)/t12-/m0/s1. The van der Waals surface area contributed by atoms with Gasteiger partial charge in [0.05, 0.1) is 15.1 Å². The lowest BCUT2D eigenvalue weighted by molar-refractivity contribution is -0.142. The molecule has 0 saturated carbocycles. The zero-order valence-corrected chi connectivity index (χ0v) is 18.9. The second-order valence-corrected chi connectivity index (χ2v) is 7.86. The monoisotopic (exact) mass is 476 g/mol. The fourth-order valence-corrected chi connectivity index (χ4v) is 3.34. The van der Waals surface area contributed by atoms with Crippen LogP contribution >= 0.6 is 46.4 Å². The lowest BCUT2D eigenvalue weighted by Crippen LogP contribution is -2.49. The maximum Gasteiger partial charge on any atom is 0.261 e. The van der Waals surface area contributed by atoms with E-state index >= 15 is 0 Å². The molecule has 5 nitrogen and oxygen atoms in total. The number of carbonyl (C=O) groups excluding carboxylic acids is 2. The predicted molar refractivity (Wildman–Crippen MR) is 117 cm³/mol. The van der Waals surface area contributed by atoms with Gasteiger partial charge in [-0.15, -0.1) is 0 Å². The number of hydrogen-bond acceptors (Lipinski definition) is 3. The minimum atomic E-state index is -0.721. The van der Waals surface area contributed by atoms with Gasteiger partial charge < -0.3 is 15.0 Å². The van der Waals surface area contributed by atoms with Crippen LogP contribution in [0.2, 0.25) is 20.1 Å². The third-order valence-corrected chi connectivity index (χ3v) is 5.37. The highest BCUT2D eigenvalue weighted by molar-refractivity contribution is 6.42. The molecule has 9 heteroatoms. The quantitative estimate of drug-likeness (QED) is 0.566. The lowest BCUT2D eigenvalue weighted by Gasteiger charge is -2.28. The first-order chi connectivity index (χ1) is 13.7. The lowest BCUT2D eigenvalue weighted by atomic mass is 10.1. The first-order valence-corrected chi connectivity index (χ1v) is 10.3. The molecule has 0 radical (unpaired) electrons. The van der Waals surface area contributed by atoms with E-state index in [1.165, 1.54) is 11.0 Å². The molecule has 2 aromatic rings. The third-order valence-electron chi connectivity index (χ3n) is 4.10. The number of nitrogens with one attached hydrogen (secondary N) is 1. The van der Waals surface area contributed by atoms with Crippen molar-refractivity contribution in [2.24, 2.45) is 0 Å². The molecular formula is C20H20Cl4N2O3. The van der Waals surface area contributed by atoms with E-state index in [0.717, 1.165) is 5.56 Å². The van der Waals surface area contributed by atoms with Crippen LogP contribution < -0.4 is 10.1 Å². The molecule has 2 amide bonds. The Morgan fingerprint density at radius 3 is 2.38 bits per heavy atom. The highest BCUT2D eigenvalue weighted by atomic mass is 35.5. The zero-order valence-electron chi connectivity index (χ0n) is 15.8. The SMILES string of the molecule is CCNC(=O)[C@H](C)N(Cc1ccc(Cl)c(Cl)c1)C(=O)COc1ccc(Cl)cc1Cl. The zero-order chi connectivity index (χ0) is 21.6. The molecule has 0 unspecified atom stereocenters. The number of rotatable bonds is 8. The van der Waals surface area contributed by atoms with Crippen LogP contribution in [0.25, 0.3) is 0 Å². The van der Waals surface area contributed by atoms with Crippen molar-refractivity contribution in [2.75, 3.05) is 13.2 Å². The molecule has 1 atom stereocenters. The largest absolute Gasteiger partial charge is 0.482 e. The Morgan fingerprint density at radius 1 is 1.03 bits per heavy atom. The molecule has 2 rings (SSSR count). The average molecular weight is 478 g/mol. The first-order valence-electron chi connectivity index (χ1n) is 8.81. The van der Waals surface area contributed by atoms with E-state index in [0.29, 0.717) is 27.4 Å². The van der Waals surface area contributed by atoms with Crippen molar-refractivity contribution in [3.05, 3.63) is 62.1 Å². The van der Waals surface area contributed by atoms with Crippen LogP contribution in [0.4, 0.5) is 0 Å². The summed E-state index contributed by atoms with van der Waals surface area (Å²) in [5.74, 6) is -0.337. The van der Waals surface area contributed by atoms with Gasteiger partial charge in [-0.25, -0.2) is 0 Å². The Morgan fingerprint density at radius 2 is 1.76 bits per heavy atom. The molecule has 0 aliphatic carbocycles. The van der Waals surface area contributed by atoms with Crippen LogP contribution in [0.5, 0.6) is 5.75 Å². The summed E-state index contributed by atoms with van der Waals surface area (Å²) in [4.78, 5) is 26.6. The molecule has 156 valence electrons. The van der Waals surface area contributed by atoms with E-state index in [4.69, 9.17) is 51.1 Å². The molecule has 0 fully saturated rings. The fraction of sp³-hybridized carbons (Fsp3) is 0.300. The minimum absolute atomic E-state index is 0.158. The van der Waals surface area contributed by atoms with Crippen molar-refractivity contribution in [1.29, 1.82) is 0 Å². The third kappa shape index (κ3) is 6.68. The van der Waals surface area contributed by atoms with Gasteiger partial charge in [0.1, 0.15) is 11.8 Å². The van der Waals surface area contributed by atoms with E-state index in [-0.39, 0.29) is 30.0 Å². The van der Waals surface area contributed by atoms with Gasteiger partial charge in [0.15, 0.2) is 6.61 Å². The van der Waals surface area contributed by atoms with E-state index in [1.807, 2.05) is 0 Å². The number of carbonyl (C=O) groups is 2. The van der Waals surface area contributed by atoms with Gasteiger partial charge in [0.2, 0.25) is 5.91 Å². The summed E-state index contributed by atoms with van der Waals surface area (Å²) in [7, 11) is 0. The minimum Gasteiger partial charge on any atom is -0.482 e. The molecule has 1 N–H and O–H groups in total. The predicted octanol–water partition coefficient (Wildman–Crippen LogP) is 5.23. The Hall–Kier alpha value is -1.66. The van der Waals surface area contributed by atoms with E-state index in [9.17, 15) is 9.59 Å². The molecule has 0 spiro atoms. The maximum atomic E-state index is 12.9. The number of likely N-dealkylation sites (N-methyl/N-ethyl adjacent to an activating group) is 1. The van der Waals surface area contributed by atoms with Gasteiger partial charge in [0, 0.05) is 18.1 Å². The van der Waals surface area contributed by atoms with E-state index < -0.39 is 6.04 Å². The molecule has 0 aliphatic heterocycles. The molecule has 2 aromatic carbocycles. The van der Waals surface area contributed by atoms with Crippen molar-refractivity contribution >= 4 is 58.2 Å². The number of benzene rings is 2. The van der Waals surface area contributed by atoms with Gasteiger partial charge in [-0.05, 0) is 49.7 Å². The van der Waals surface area contributed by atoms with Crippen LogP contribution in [0.15, 0.2) is 36.4 Å². The molecule has 0 aromatic heterocycles. The number of hydrogen-bond donors (Lipinski definition) is 1. The average Bonchev–Trinajstić information content (AvgIpc) is 2.67. The van der Waals surface area contributed by atoms with E-state index in [1.54, 1.807) is 44.2 Å². The van der Waals surface area contributed by atoms with Gasteiger partial charge in [-0.2, -0.15) is 0 Å². The van der Waals surface area contributed by atoms with Crippen molar-refractivity contribution in [1.82, 2.24) is 10.2 Å². The van der Waals surface area contributed by atoms with Gasteiger partial charge >= 0.3 is 0 Å². The second-order valence-electron chi connectivity index (χ2n) is 6.20. The van der Waals surface area contributed by atoms with Gasteiger partial charge in [-0.1, -0.05) is 52.5 Å². The van der Waals surface area contributed by atoms with Crippen LogP contribution in [-0.2, 0) is 16.1 Å².